The minimum Gasteiger partial charge on any atom is -0.424 e. The number of rotatable bonds is 2. The number of urea groups is 1. The molecule has 0 saturated heterocycles. The Bertz CT molecular complexity index is 817. The SMILES string of the molecule is O=C(Nc1ccc(Br)cc1)NC1(C(F)(F)F)Oc2ccc(Cl)cc2O1. The molecule has 5 nitrogen and oxygen atoms in total. The summed E-state index contributed by atoms with van der Waals surface area (Å²) in [5.74, 6) is -3.76. The molecule has 1 unspecified atom stereocenters. The van der Waals surface area contributed by atoms with Gasteiger partial charge in [0.2, 0.25) is 0 Å². The van der Waals surface area contributed by atoms with E-state index in [1.807, 2.05) is 0 Å². The van der Waals surface area contributed by atoms with E-state index in [1.165, 1.54) is 30.3 Å². The monoisotopic (exact) mass is 436 g/mol. The van der Waals surface area contributed by atoms with Crippen molar-refractivity contribution in [2.75, 3.05) is 5.32 Å². The summed E-state index contributed by atoms with van der Waals surface area (Å²) in [4.78, 5) is 12.0. The van der Waals surface area contributed by atoms with Crippen LogP contribution < -0.4 is 20.1 Å². The highest BCUT2D eigenvalue weighted by Gasteiger charge is 2.65. The van der Waals surface area contributed by atoms with E-state index in [4.69, 9.17) is 21.1 Å². The highest BCUT2D eigenvalue weighted by Crippen LogP contribution is 2.46. The van der Waals surface area contributed by atoms with Crippen molar-refractivity contribution in [3.63, 3.8) is 0 Å². The Morgan fingerprint density at radius 3 is 2.36 bits per heavy atom. The third-order valence-electron chi connectivity index (χ3n) is 3.17. The molecule has 1 aliphatic heterocycles. The van der Waals surface area contributed by atoms with Crippen LogP contribution in [0, 0.1) is 0 Å². The van der Waals surface area contributed by atoms with Crippen molar-refractivity contribution in [3.05, 3.63) is 52.0 Å². The normalized spacial score (nSPS) is 18.8. The maximum atomic E-state index is 13.5. The minimum absolute atomic E-state index is 0.166. The molecular formula is C15H9BrClF3N2O3. The lowest BCUT2D eigenvalue weighted by Gasteiger charge is -2.29. The summed E-state index contributed by atoms with van der Waals surface area (Å²) in [7, 11) is 0. The van der Waals surface area contributed by atoms with Crippen LogP contribution in [-0.2, 0) is 0 Å². The van der Waals surface area contributed by atoms with Crippen molar-refractivity contribution in [1.29, 1.82) is 0 Å². The average molecular weight is 438 g/mol. The van der Waals surface area contributed by atoms with Gasteiger partial charge in [-0.25, -0.2) is 4.79 Å². The van der Waals surface area contributed by atoms with Gasteiger partial charge in [0.05, 0.1) is 0 Å². The van der Waals surface area contributed by atoms with Crippen molar-refractivity contribution in [2.45, 2.75) is 12.1 Å². The van der Waals surface area contributed by atoms with Crippen molar-refractivity contribution in [2.24, 2.45) is 0 Å². The first kappa shape index (κ1) is 17.7. The molecule has 1 aliphatic rings. The molecule has 10 heteroatoms. The lowest BCUT2D eigenvalue weighted by Crippen LogP contribution is -2.65. The number of fused-ring (bicyclic) bond motifs is 1. The van der Waals surface area contributed by atoms with E-state index in [-0.39, 0.29) is 22.2 Å². The maximum Gasteiger partial charge on any atom is 0.492 e. The number of carbonyl (C=O) groups excluding carboxylic acids is 1. The van der Waals surface area contributed by atoms with Gasteiger partial charge in [0.1, 0.15) is 0 Å². The van der Waals surface area contributed by atoms with E-state index in [1.54, 1.807) is 17.4 Å². The highest BCUT2D eigenvalue weighted by atomic mass is 79.9. The predicted octanol–water partition coefficient (Wildman–Crippen LogP) is 4.91. The van der Waals surface area contributed by atoms with E-state index in [0.717, 1.165) is 4.47 Å². The van der Waals surface area contributed by atoms with Gasteiger partial charge in [-0.05, 0) is 36.4 Å². The zero-order valence-electron chi connectivity index (χ0n) is 12.2. The standard InChI is InChI=1S/C15H9BrClF3N2O3/c16-8-1-4-10(5-2-8)21-13(23)22-15(14(18,19)20)24-11-6-3-9(17)7-12(11)25-15/h1-7H,(H2,21,22,23). The molecule has 132 valence electrons. The minimum atomic E-state index is -5.05. The first-order chi connectivity index (χ1) is 11.7. The Balaban J connectivity index is 1.81. The molecule has 2 aromatic rings. The number of nitrogens with one attached hydrogen (secondary N) is 2. The summed E-state index contributed by atoms with van der Waals surface area (Å²) >= 11 is 8.95. The Labute approximate surface area is 153 Å². The van der Waals surface area contributed by atoms with E-state index in [2.05, 4.69) is 21.2 Å². The van der Waals surface area contributed by atoms with Crippen molar-refractivity contribution < 1.29 is 27.4 Å². The van der Waals surface area contributed by atoms with Crippen LogP contribution in [0.3, 0.4) is 0 Å². The molecular weight excluding hydrogens is 429 g/mol. The molecule has 2 N–H and O–H groups in total. The number of carbonyl (C=O) groups is 1. The number of ether oxygens (including phenoxy) is 2. The summed E-state index contributed by atoms with van der Waals surface area (Å²) in [6.45, 7) is 0. The molecule has 0 fully saturated rings. The highest BCUT2D eigenvalue weighted by molar-refractivity contribution is 9.10. The molecule has 0 aromatic heterocycles. The zero-order chi connectivity index (χ0) is 18.2. The molecule has 1 heterocycles. The van der Waals surface area contributed by atoms with Gasteiger partial charge in [-0.3, -0.25) is 5.32 Å². The number of hydrogen-bond acceptors (Lipinski definition) is 3. The van der Waals surface area contributed by atoms with Gasteiger partial charge in [-0.15, -0.1) is 0 Å². The molecule has 25 heavy (non-hydrogen) atoms. The van der Waals surface area contributed by atoms with E-state index >= 15 is 0 Å². The quantitative estimate of drug-likeness (QED) is 0.702. The first-order valence-corrected chi connectivity index (χ1v) is 7.95. The topological polar surface area (TPSA) is 59.6 Å². The average Bonchev–Trinajstić information content (AvgIpc) is 2.87. The zero-order valence-corrected chi connectivity index (χ0v) is 14.5. The summed E-state index contributed by atoms with van der Waals surface area (Å²) < 4.78 is 51.0. The third-order valence-corrected chi connectivity index (χ3v) is 3.93. The van der Waals surface area contributed by atoms with E-state index in [0.29, 0.717) is 0 Å². The van der Waals surface area contributed by atoms with Crippen molar-refractivity contribution >= 4 is 39.2 Å². The van der Waals surface area contributed by atoms with Gasteiger partial charge >= 0.3 is 18.1 Å². The Morgan fingerprint density at radius 1 is 1.08 bits per heavy atom. The molecule has 0 saturated carbocycles. The largest absolute Gasteiger partial charge is 0.492 e. The fourth-order valence-corrected chi connectivity index (χ4v) is 2.49. The first-order valence-electron chi connectivity index (χ1n) is 6.77. The van der Waals surface area contributed by atoms with Crippen LogP contribution >= 0.6 is 27.5 Å². The summed E-state index contributed by atoms with van der Waals surface area (Å²) in [6.07, 6.45) is -5.05. The number of hydrogen-bond donors (Lipinski definition) is 2. The van der Waals surface area contributed by atoms with Gasteiger partial charge in [-0.2, -0.15) is 13.2 Å². The van der Waals surface area contributed by atoms with Gasteiger partial charge in [0.25, 0.3) is 0 Å². The fraction of sp³-hybridized carbons (Fsp3) is 0.133. The maximum absolute atomic E-state index is 13.5. The molecule has 2 aromatic carbocycles. The summed E-state index contributed by atoms with van der Waals surface area (Å²) in [5.41, 5.74) is 0.289. The second kappa shape index (κ2) is 6.30. The summed E-state index contributed by atoms with van der Waals surface area (Å²) in [5, 5.41) is 4.13. The Hall–Kier alpha value is -2.13. The Morgan fingerprint density at radius 2 is 1.72 bits per heavy atom. The lowest BCUT2D eigenvalue weighted by atomic mass is 10.3. The molecule has 0 aliphatic carbocycles. The van der Waals surface area contributed by atoms with Crippen molar-refractivity contribution in [1.82, 2.24) is 5.32 Å². The van der Waals surface area contributed by atoms with Crippen LogP contribution in [0.25, 0.3) is 0 Å². The number of halogens is 5. The fourth-order valence-electron chi connectivity index (χ4n) is 2.06. The lowest BCUT2D eigenvalue weighted by molar-refractivity contribution is -0.317. The third kappa shape index (κ3) is 3.62. The number of anilines is 1. The number of amides is 2. The van der Waals surface area contributed by atoms with Crippen LogP contribution in [0.4, 0.5) is 23.7 Å². The predicted molar refractivity (Wildman–Crippen MR) is 87.8 cm³/mol. The van der Waals surface area contributed by atoms with Crippen LogP contribution in [0.1, 0.15) is 0 Å². The molecule has 0 radical (unpaired) electrons. The number of alkyl halides is 3. The second-order valence-electron chi connectivity index (χ2n) is 5.00. The second-order valence-corrected chi connectivity index (χ2v) is 6.35. The van der Waals surface area contributed by atoms with Crippen molar-refractivity contribution in [3.8, 4) is 11.5 Å². The van der Waals surface area contributed by atoms with Gasteiger partial charge < -0.3 is 14.8 Å². The van der Waals surface area contributed by atoms with E-state index in [9.17, 15) is 18.0 Å². The molecule has 3 rings (SSSR count). The molecule has 1 atom stereocenters. The molecule has 2 amide bonds. The molecule has 0 spiro atoms. The van der Waals surface area contributed by atoms with Gasteiger partial charge in [0, 0.05) is 21.2 Å². The van der Waals surface area contributed by atoms with Gasteiger partial charge in [0.15, 0.2) is 11.5 Å². The van der Waals surface area contributed by atoms with E-state index < -0.39 is 18.1 Å². The van der Waals surface area contributed by atoms with Crippen LogP contribution in [0.2, 0.25) is 5.02 Å². The van der Waals surface area contributed by atoms with Gasteiger partial charge in [-0.1, -0.05) is 27.5 Å². The van der Waals surface area contributed by atoms with Crippen LogP contribution in [0.15, 0.2) is 46.9 Å². The summed E-state index contributed by atoms with van der Waals surface area (Å²) in [6, 6.07) is 8.84. The Kier molecular flexibility index (Phi) is 4.46. The van der Waals surface area contributed by atoms with Crippen LogP contribution in [-0.4, -0.2) is 18.1 Å². The molecule has 0 bridgehead atoms. The van der Waals surface area contributed by atoms with Crippen LogP contribution in [0.5, 0.6) is 11.5 Å². The smallest absolute Gasteiger partial charge is 0.424 e. The number of benzene rings is 2.